The molecule has 0 saturated heterocycles. The maximum Gasteiger partial charge on any atom is 0.489 e. The van der Waals surface area contributed by atoms with Gasteiger partial charge in [0.25, 0.3) is 0 Å². The number of hydrogen-bond acceptors (Lipinski definition) is 3. The molecule has 14 heavy (non-hydrogen) atoms. The third-order valence-electron chi connectivity index (χ3n) is 2.19. The zero-order chi connectivity index (χ0) is 10.1. The molecular weight excluding hydrogens is 177 g/mol. The lowest BCUT2D eigenvalue weighted by Gasteiger charge is -2.06. The Hall–Kier alpha value is -1.52. The summed E-state index contributed by atoms with van der Waals surface area (Å²) in [5.74, 6) is 0. The van der Waals surface area contributed by atoms with Gasteiger partial charge in [-0.3, -0.25) is 0 Å². The van der Waals surface area contributed by atoms with E-state index in [1.54, 1.807) is 12.1 Å². The summed E-state index contributed by atoms with van der Waals surface area (Å²) in [7, 11) is -1.48. The van der Waals surface area contributed by atoms with Gasteiger partial charge in [-0.1, -0.05) is 24.3 Å². The first-order valence-corrected chi connectivity index (χ1v) is 4.33. The fourth-order valence-electron chi connectivity index (χ4n) is 1.58. The quantitative estimate of drug-likeness (QED) is 0.438. The molecule has 3 nitrogen and oxygen atoms in total. The number of rotatable bonds is 1. The highest BCUT2D eigenvalue weighted by atomic mass is 16.4. The Morgan fingerprint density at radius 1 is 1.07 bits per heavy atom. The van der Waals surface area contributed by atoms with Crippen molar-refractivity contribution in [1.82, 2.24) is 0 Å². The fourth-order valence-corrected chi connectivity index (χ4v) is 1.58. The van der Waals surface area contributed by atoms with Gasteiger partial charge in [-0.25, -0.2) is 0 Å². The molecule has 70 valence electrons. The van der Waals surface area contributed by atoms with E-state index < -0.39 is 7.12 Å². The van der Waals surface area contributed by atoms with Crippen molar-refractivity contribution in [3.63, 3.8) is 0 Å². The van der Waals surface area contributed by atoms with Crippen LogP contribution >= 0.6 is 0 Å². The van der Waals surface area contributed by atoms with Crippen molar-refractivity contribution in [3.05, 3.63) is 36.4 Å². The Morgan fingerprint density at radius 3 is 2.50 bits per heavy atom. The van der Waals surface area contributed by atoms with Gasteiger partial charge < -0.3 is 15.8 Å². The van der Waals surface area contributed by atoms with E-state index in [-0.39, 0.29) is 0 Å². The first-order valence-electron chi connectivity index (χ1n) is 4.33. The van der Waals surface area contributed by atoms with E-state index in [0.29, 0.717) is 11.2 Å². The smallest absolute Gasteiger partial charge is 0.423 e. The molecule has 2 aromatic rings. The SMILES string of the molecule is Nc1cc(B(O)O)c2ccccc2c1. The predicted octanol–water partition coefficient (Wildman–Crippen LogP) is 0.102. The number of hydrogen-bond donors (Lipinski definition) is 3. The van der Waals surface area contributed by atoms with Crippen LogP contribution in [0.5, 0.6) is 0 Å². The second kappa shape index (κ2) is 3.33. The lowest BCUT2D eigenvalue weighted by Crippen LogP contribution is -2.30. The summed E-state index contributed by atoms with van der Waals surface area (Å²) < 4.78 is 0. The highest BCUT2D eigenvalue weighted by Gasteiger charge is 2.14. The van der Waals surface area contributed by atoms with Crippen LogP contribution in [0, 0.1) is 0 Å². The molecule has 0 aliphatic carbocycles. The molecule has 0 radical (unpaired) electrons. The van der Waals surface area contributed by atoms with Crippen molar-refractivity contribution in [1.29, 1.82) is 0 Å². The molecule has 4 N–H and O–H groups in total. The summed E-state index contributed by atoms with van der Waals surface area (Å²) in [4.78, 5) is 0. The second-order valence-electron chi connectivity index (χ2n) is 3.20. The van der Waals surface area contributed by atoms with Gasteiger partial charge in [-0.15, -0.1) is 0 Å². The topological polar surface area (TPSA) is 66.5 Å². The van der Waals surface area contributed by atoms with Crippen LogP contribution in [0.25, 0.3) is 10.8 Å². The summed E-state index contributed by atoms with van der Waals surface area (Å²) in [5, 5.41) is 20.0. The molecule has 0 aliphatic rings. The van der Waals surface area contributed by atoms with E-state index in [0.717, 1.165) is 10.8 Å². The monoisotopic (exact) mass is 187 g/mol. The van der Waals surface area contributed by atoms with Crippen LogP contribution in [0.2, 0.25) is 0 Å². The Morgan fingerprint density at radius 2 is 1.79 bits per heavy atom. The summed E-state index contributed by atoms with van der Waals surface area (Å²) in [5.41, 5.74) is 6.62. The van der Waals surface area contributed by atoms with Crippen molar-refractivity contribution < 1.29 is 10.0 Å². The van der Waals surface area contributed by atoms with Crippen molar-refractivity contribution in [2.75, 3.05) is 5.73 Å². The number of nitrogen functional groups attached to an aromatic ring is 1. The number of fused-ring (bicyclic) bond motifs is 1. The molecule has 0 bridgehead atoms. The standard InChI is InChI=1S/C10H10BNO2/c12-8-5-7-3-1-2-4-9(7)10(6-8)11(13)14/h1-6,13-14H,12H2. The molecule has 0 aromatic heterocycles. The lowest BCUT2D eigenvalue weighted by molar-refractivity contribution is 0.426. The van der Waals surface area contributed by atoms with E-state index in [9.17, 15) is 0 Å². The molecule has 0 heterocycles. The van der Waals surface area contributed by atoms with Crippen molar-refractivity contribution in [2.45, 2.75) is 0 Å². The largest absolute Gasteiger partial charge is 0.489 e. The third-order valence-corrected chi connectivity index (χ3v) is 2.19. The molecular formula is C10H10BNO2. The van der Waals surface area contributed by atoms with Crippen LogP contribution in [-0.2, 0) is 0 Å². The molecule has 0 spiro atoms. The Labute approximate surface area is 81.9 Å². The van der Waals surface area contributed by atoms with Gasteiger partial charge >= 0.3 is 7.12 Å². The van der Waals surface area contributed by atoms with Crippen LogP contribution in [-0.4, -0.2) is 17.2 Å². The van der Waals surface area contributed by atoms with Gasteiger partial charge in [-0.2, -0.15) is 0 Å². The number of anilines is 1. The molecule has 2 aromatic carbocycles. The average molecular weight is 187 g/mol. The van der Waals surface area contributed by atoms with Gasteiger partial charge in [0, 0.05) is 5.69 Å². The second-order valence-corrected chi connectivity index (χ2v) is 3.20. The summed E-state index contributed by atoms with van der Waals surface area (Å²) in [6.07, 6.45) is 0. The Kier molecular flexibility index (Phi) is 2.15. The maximum atomic E-state index is 9.15. The van der Waals surface area contributed by atoms with Gasteiger partial charge in [-0.05, 0) is 28.4 Å². The van der Waals surface area contributed by atoms with E-state index in [1.807, 2.05) is 24.3 Å². The zero-order valence-corrected chi connectivity index (χ0v) is 7.51. The first-order chi connectivity index (χ1) is 6.68. The summed E-state index contributed by atoms with van der Waals surface area (Å²) in [6.45, 7) is 0. The van der Waals surface area contributed by atoms with Crippen LogP contribution in [0.15, 0.2) is 36.4 Å². The van der Waals surface area contributed by atoms with Crippen molar-refractivity contribution >= 4 is 29.0 Å². The Bertz CT molecular complexity index is 471. The van der Waals surface area contributed by atoms with Gasteiger partial charge in [0.1, 0.15) is 0 Å². The van der Waals surface area contributed by atoms with Gasteiger partial charge in [0.05, 0.1) is 0 Å². The molecule has 0 aliphatic heterocycles. The lowest BCUT2D eigenvalue weighted by atomic mass is 9.77. The first kappa shape index (κ1) is 9.06. The molecule has 0 atom stereocenters. The molecule has 0 fully saturated rings. The van der Waals surface area contributed by atoms with E-state index in [4.69, 9.17) is 15.8 Å². The average Bonchev–Trinajstić information content (AvgIpc) is 2.16. The van der Waals surface area contributed by atoms with Crippen LogP contribution in [0.3, 0.4) is 0 Å². The van der Waals surface area contributed by atoms with Gasteiger partial charge in [0.15, 0.2) is 0 Å². The summed E-state index contributed by atoms with van der Waals surface area (Å²) >= 11 is 0. The predicted molar refractivity (Wildman–Crippen MR) is 58.2 cm³/mol. The summed E-state index contributed by atoms with van der Waals surface area (Å²) in [6, 6.07) is 10.8. The minimum Gasteiger partial charge on any atom is -0.423 e. The zero-order valence-electron chi connectivity index (χ0n) is 7.51. The highest BCUT2D eigenvalue weighted by molar-refractivity contribution is 6.62. The third kappa shape index (κ3) is 1.45. The minimum absolute atomic E-state index is 0.445. The molecule has 0 unspecified atom stereocenters. The maximum absolute atomic E-state index is 9.15. The molecule has 4 heteroatoms. The van der Waals surface area contributed by atoms with E-state index in [1.165, 1.54) is 0 Å². The minimum atomic E-state index is -1.48. The van der Waals surface area contributed by atoms with Crippen molar-refractivity contribution in [3.8, 4) is 0 Å². The normalized spacial score (nSPS) is 10.4. The number of nitrogens with two attached hydrogens (primary N) is 1. The van der Waals surface area contributed by atoms with Crippen LogP contribution in [0.1, 0.15) is 0 Å². The molecule has 2 rings (SSSR count). The fraction of sp³-hybridized carbons (Fsp3) is 0. The van der Waals surface area contributed by atoms with E-state index in [2.05, 4.69) is 0 Å². The van der Waals surface area contributed by atoms with Crippen LogP contribution < -0.4 is 11.2 Å². The van der Waals surface area contributed by atoms with Crippen LogP contribution in [0.4, 0.5) is 5.69 Å². The Balaban J connectivity index is 2.80. The highest BCUT2D eigenvalue weighted by Crippen LogP contribution is 2.15. The molecule has 0 saturated carbocycles. The number of benzene rings is 2. The van der Waals surface area contributed by atoms with Gasteiger partial charge in [0.2, 0.25) is 0 Å². The van der Waals surface area contributed by atoms with Crippen molar-refractivity contribution in [2.24, 2.45) is 0 Å². The molecule has 0 amide bonds. The van der Waals surface area contributed by atoms with E-state index >= 15 is 0 Å².